The van der Waals surface area contributed by atoms with Gasteiger partial charge in [0, 0.05) is 30.9 Å². The number of sulfonamides is 1. The molecule has 2 heterocycles. The Kier molecular flexibility index (Phi) is 5.11. The first-order valence-electron chi connectivity index (χ1n) is 6.68. The van der Waals surface area contributed by atoms with Crippen molar-refractivity contribution in [3.63, 3.8) is 0 Å². The SMILES string of the molecule is O=S(=O)(NCCCCCCO)c1c[nH]c2ncccc12. The fourth-order valence-corrected chi connectivity index (χ4v) is 3.26. The van der Waals surface area contributed by atoms with Gasteiger partial charge in [0.25, 0.3) is 0 Å². The number of aromatic amines is 1. The molecule has 0 aromatic carbocycles. The van der Waals surface area contributed by atoms with E-state index in [-0.39, 0.29) is 11.5 Å². The van der Waals surface area contributed by atoms with E-state index in [0.29, 0.717) is 17.6 Å². The molecular formula is C13H19N3O3S. The monoisotopic (exact) mass is 297 g/mol. The Hall–Kier alpha value is -1.44. The lowest BCUT2D eigenvalue weighted by Gasteiger charge is -2.05. The number of aliphatic hydroxyl groups excluding tert-OH is 1. The van der Waals surface area contributed by atoms with Crippen LogP contribution in [0, 0.1) is 0 Å². The molecule has 2 rings (SSSR count). The molecule has 110 valence electrons. The molecule has 20 heavy (non-hydrogen) atoms. The van der Waals surface area contributed by atoms with Crippen molar-refractivity contribution in [2.45, 2.75) is 30.6 Å². The van der Waals surface area contributed by atoms with Crippen LogP contribution in [0.4, 0.5) is 0 Å². The highest BCUT2D eigenvalue weighted by atomic mass is 32.2. The molecule has 0 spiro atoms. The van der Waals surface area contributed by atoms with Gasteiger partial charge in [-0.05, 0) is 25.0 Å². The molecule has 0 aliphatic heterocycles. The summed E-state index contributed by atoms with van der Waals surface area (Å²) in [7, 11) is -3.51. The fraction of sp³-hybridized carbons (Fsp3) is 0.462. The van der Waals surface area contributed by atoms with Crippen molar-refractivity contribution in [3.05, 3.63) is 24.5 Å². The van der Waals surface area contributed by atoms with Crippen molar-refractivity contribution < 1.29 is 13.5 Å². The molecule has 0 aliphatic rings. The molecule has 0 saturated carbocycles. The van der Waals surface area contributed by atoms with Crippen molar-refractivity contribution in [2.24, 2.45) is 0 Å². The predicted molar refractivity (Wildman–Crippen MR) is 76.8 cm³/mol. The normalized spacial score (nSPS) is 12.1. The Balaban J connectivity index is 1.97. The highest BCUT2D eigenvalue weighted by Crippen LogP contribution is 2.20. The first-order valence-corrected chi connectivity index (χ1v) is 8.16. The summed E-state index contributed by atoms with van der Waals surface area (Å²) in [6.07, 6.45) is 6.42. The van der Waals surface area contributed by atoms with Gasteiger partial charge in [-0.3, -0.25) is 0 Å². The molecule has 3 N–H and O–H groups in total. The van der Waals surface area contributed by atoms with Crippen LogP contribution in [0.1, 0.15) is 25.7 Å². The molecule has 6 nitrogen and oxygen atoms in total. The molecule has 2 aromatic heterocycles. The lowest BCUT2D eigenvalue weighted by molar-refractivity contribution is 0.282. The molecular weight excluding hydrogens is 278 g/mol. The van der Waals surface area contributed by atoms with Crippen LogP contribution in [0.15, 0.2) is 29.4 Å². The second-order valence-corrected chi connectivity index (χ2v) is 6.32. The largest absolute Gasteiger partial charge is 0.396 e. The number of fused-ring (bicyclic) bond motifs is 1. The van der Waals surface area contributed by atoms with Crippen molar-refractivity contribution in [1.29, 1.82) is 0 Å². The molecule has 2 aromatic rings. The maximum absolute atomic E-state index is 12.2. The number of H-pyrrole nitrogens is 1. The number of hydrogen-bond acceptors (Lipinski definition) is 4. The van der Waals surface area contributed by atoms with E-state index in [1.165, 1.54) is 6.20 Å². The van der Waals surface area contributed by atoms with Crippen molar-refractivity contribution in [3.8, 4) is 0 Å². The van der Waals surface area contributed by atoms with Gasteiger partial charge >= 0.3 is 0 Å². The van der Waals surface area contributed by atoms with E-state index in [1.807, 2.05) is 0 Å². The first kappa shape index (κ1) is 15.0. The van der Waals surface area contributed by atoms with Gasteiger partial charge < -0.3 is 10.1 Å². The Morgan fingerprint density at radius 1 is 1.25 bits per heavy atom. The van der Waals surface area contributed by atoms with Crippen LogP contribution < -0.4 is 4.72 Å². The Morgan fingerprint density at radius 3 is 2.85 bits per heavy atom. The third kappa shape index (κ3) is 3.56. The van der Waals surface area contributed by atoms with E-state index in [1.54, 1.807) is 18.3 Å². The van der Waals surface area contributed by atoms with Crippen molar-refractivity contribution in [2.75, 3.05) is 13.2 Å². The number of rotatable bonds is 8. The van der Waals surface area contributed by atoms with Crippen molar-refractivity contribution >= 4 is 21.1 Å². The highest BCUT2D eigenvalue weighted by Gasteiger charge is 2.18. The van der Waals surface area contributed by atoms with Crippen LogP contribution >= 0.6 is 0 Å². The number of aliphatic hydroxyl groups is 1. The smallest absolute Gasteiger partial charge is 0.242 e. The van der Waals surface area contributed by atoms with Crippen LogP contribution in [0.3, 0.4) is 0 Å². The molecule has 0 amide bonds. The maximum Gasteiger partial charge on any atom is 0.242 e. The van der Waals surface area contributed by atoms with Crippen LogP contribution in [-0.2, 0) is 10.0 Å². The zero-order chi connectivity index (χ0) is 14.4. The van der Waals surface area contributed by atoms with Crippen molar-refractivity contribution in [1.82, 2.24) is 14.7 Å². The van der Waals surface area contributed by atoms with Crippen LogP contribution in [0.25, 0.3) is 11.0 Å². The van der Waals surface area contributed by atoms with E-state index >= 15 is 0 Å². The minimum absolute atomic E-state index is 0.189. The van der Waals surface area contributed by atoms with Gasteiger partial charge in [-0.1, -0.05) is 12.8 Å². The minimum Gasteiger partial charge on any atom is -0.396 e. The third-order valence-electron chi connectivity index (χ3n) is 3.08. The van der Waals surface area contributed by atoms with Gasteiger partial charge in [-0.25, -0.2) is 18.1 Å². The second kappa shape index (κ2) is 6.83. The number of hydrogen-bond donors (Lipinski definition) is 3. The van der Waals surface area contributed by atoms with Gasteiger partial charge in [0.15, 0.2) is 0 Å². The van der Waals surface area contributed by atoms with Gasteiger partial charge in [0.05, 0.1) is 0 Å². The molecule has 0 unspecified atom stereocenters. The maximum atomic E-state index is 12.2. The molecule has 0 aliphatic carbocycles. The molecule has 0 saturated heterocycles. The van der Waals surface area contributed by atoms with Gasteiger partial charge in [-0.15, -0.1) is 0 Å². The summed E-state index contributed by atoms with van der Waals surface area (Å²) >= 11 is 0. The summed E-state index contributed by atoms with van der Waals surface area (Å²) in [5, 5.41) is 9.25. The number of aromatic nitrogens is 2. The Labute approximate surface area is 118 Å². The Morgan fingerprint density at radius 2 is 2.05 bits per heavy atom. The van der Waals surface area contributed by atoms with E-state index in [4.69, 9.17) is 5.11 Å². The van der Waals surface area contributed by atoms with Gasteiger partial charge in [0.2, 0.25) is 10.0 Å². The number of unbranched alkanes of at least 4 members (excludes halogenated alkanes) is 3. The summed E-state index contributed by atoms with van der Waals surface area (Å²) < 4.78 is 27.0. The van der Waals surface area contributed by atoms with Crippen LogP contribution in [0.2, 0.25) is 0 Å². The molecule has 0 atom stereocenters. The minimum atomic E-state index is -3.51. The number of nitrogens with one attached hydrogen (secondary N) is 2. The van der Waals surface area contributed by atoms with Gasteiger partial charge in [0.1, 0.15) is 10.5 Å². The second-order valence-electron chi connectivity index (χ2n) is 4.59. The first-order chi connectivity index (χ1) is 9.65. The predicted octanol–water partition coefficient (Wildman–Crippen LogP) is 1.39. The summed E-state index contributed by atoms with van der Waals surface area (Å²) in [4.78, 5) is 7.16. The zero-order valence-electron chi connectivity index (χ0n) is 11.2. The quantitative estimate of drug-likeness (QED) is 0.642. The Bertz CT molecular complexity index is 652. The van der Waals surface area contributed by atoms with Crippen LogP contribution in [0.5, 0.6) is 0 Å². The van der Waals surface area contributed by atoms with E-state index in [9.17, 15) is 8.42 Å². The summed E-state index contributed by atoms with van der Waals surface area (Å²) in [6.45, 7) is 0.592. The molecule has 7 heteroatoms. The molecule has 0 radical (unpaired) electrons. The zero-order valence-corrected chi connectivity index (χ0v) is 12.0. The summed E-state index contributed by atoms with van der Waals surface area (Å²) in [6, 6.07) is 3.44. The van der Waals surface area contributed by atoms with Gasteiger partial charge in [-0.2, -0.15) is 0 Å². The lowest BCUT2D eigenvalue weighted by Crippen LogP contribution is -2.24. The standard InChI is InChI=1S/C13H19N3O3S/c17-9-4-2-1-3-8-16-20(18,19)12-10-15-13-11(12)6-5-7-14-13/h5-7,10,16-17H,1-4,8-9H2,(H,14,15). The van der Waals surface area contributed by atoms with E-state index in [2.05, 4.69) is 14.7 Å². The van der Waals surface area contributed by atoms with E-state index < -0.39 is 10.0 Å². The molecule has 0 bridgehead atoms. The molecule has 0 fully saturated rings. The van der Waals surface area contributed by atoms with E-state index in [0.717, 1.165) is 25.7 Å². The lowest BCUT2D eigenvalue weighted by atomic mass is 10.2. The number of nitrogens with zero attached hydrogens (tertiary/aromatic N) is 1. The average molecular weight is 297 g/mol. The topological polar surface area (TPSA) is 95.1 Å². The van der Waals surface area contributed by atoms with Crippen LogP contribution in [-0.4, -0.2) is 36.6 Å². The third-order valence-corrected chi connectivity index (χ3v) is 4.58. The fourth-order valence-electron chi connectivity index (χ4n) is 2.03. The summed E-state index contributed by atoms with van der Waals surface area (Å²) in [5.41, 5.74) is 0.566. The number of pyridine rings is 1. The summed E-state index contributed by atoms with van der Waals surface area (Å²) in [5.74, 6) is 0. The highest BCUT2D eigenvalue weighted by molar-refractivity contribution is 7.89. The average Bonchev–Trinajstić information content (AvgIpc) is 2.87.